The van der Waals surface area contributed by atoms with Gasteiger partial charge >= 0.3 is 0 Å². The Morgan fingerprint density at radius 1 is 0.571 bits per heavy atom. The number of benzene rings is 4. The second kappa shape index (κ2) is 13.3. The topological polar surface area (TPSA) is 82.3 Å². The van der Waals surface area contributed by atoms with Crippen molar-refractivity contribution in [2.24, 2.45) is 0 Å². The van der Waals surface area contributed by atoms with Crippen LogP contribution >= 0.6 is 12.4 Å². The van der Waals surface area contributed by atoms with Crippen LogP contribution in [0.25, 0.3) is 21.5 Å². The summed E-state index contributed by atoms with van der Waals surface area (Å²) in [6, 6.07) is 28.7. The molecule has 0 bridgehead atoms. The average Bonchev–Trinajstić information content (AvgIpc) is 2.86. The quantitative estimate of drug-likeness (QED) is 0.193. The summed E-state index contributed by atoms with van der Waals surface area (Å²) in [6.07, 6.45) is 0.570. The predicted molar refractivity (Wildman–Crippen MR) is 151 cm³/mol. The normalized spacial score (nSPS) is 11.3. The smallest absolute Gasteiger partial charge is 0.211 e. The molecule has 0 aromatic heterocycles. The van der Waals surface area contributed by atoms with E-state index in [4.69, 9.17) is 0 Å². The molecule has 0 saturated heterocycles. The van der Waals surface area contributed by atoms with Gasteiger partial charge in [-0.15, -0.1) is 12.4 Å². The molecule has 4 aromatic rings. The lowest BCUT2D eigenvalue weighted by atomic mass is 10.1. The van der Waals surface area contributed by atoms with Crippen LogP contribution in [-0.4, -0.2) is 46.9 Å². The fraction of sp³-hybridized carbons (Fsp3) is 0.259. The average molecular weight is 513 g/mol. The molecule has 0 spiro atoms. The highest BCUT2D eigenvalue weighted by atomic mass is 35.5. The molecule has 4 rings (SSSR count). The summed E-state index contributed by atoms with van der Waals surface area (Å²) in [5.41, 5.74) is 2.13. The van der Waals surface area contributed by atoms with Gasteiger partial charge in [-0.2, -0.15) is 0 Å². The lowest BCUT2D eigenvalue weighted by Crippen LogP contribution is -2.32. The van der Waals surface area contributed by atoms with Gasteiger partial charge in [0.05, 0.1) is 5.75 Å². The molecular formula is C27H33ClN4O2S. The van der Waals surface area contributed by atoms with Crippen LogP contribution in [0.15, 0.2) is 84.9 Å². The third-order valence-electron chi connectivity index (χ3n) is 5.73. The van der Waals surface area contributed by atoms with E-state index in [1.54, 1.807) is 0 Å². The number of hydrogen-bond donors (Lipinski definition) is 4. The Morgan fingerprint density at radius 3 is 1.69 bits per heavy atom. The van der Waals surface area contributed by atoms with E-state index in [1.807, 2.05) is 42.5 Å². The molecule has 0 unspecified atom stereocenters. The molecule has 4 N–H and O–H groups in total. The van der Waals surface area contributed by atoms with E-state index in [-0.39, 0.29) is 18.2 Å². The van der Waals surface area contributed by atoms with Crippen LogP contribution in [0.3, 0.4) is 0 Å². The van der Waals surface area contributed by atoms with Crippen molar-refractivity contribution in [3.8, 4) is 0 Å². The maximum absolute atomic E-state index is 12.3. The SMILES string of the molecule is Cl.O=S(=O)(CCCNCCNc1cccc2ccccc12)NCCNc1cccc2ccccc12. The van der Waals surface area contributed by atoms with Crippen molar-refractivity contribution in [3.63, 3.8) is 0 Å². The van der Waals surface area contributed by atoms with E-state index in [0.717, 1.165) is 35.2 Å². The zero-order valence-electron chi connectivity index (χ0n) is 19.7. The molecule has 0 saturated carbocycles. The van der Waals surface area contributed by atoms with Crippen molar-refractivity contribution in [3.05, 3.63) is 84.9 Å². The van der Waals surface area contributed by atoms with Gasteiger partial charge in [0.2, 0.25) is 10.0 Å². The lowest BCUT2D eigenvalue weighted by molar-refractivity contribution is 0.577. The van der Waals surface area contributed by atoms with Gasteiger partial charge in [0.15, 0.2) is 0 Å². The van der Waals surface area contributed by atoms with Crippen LogP contribution in [-0.2, 0) is 10.0 Å². The minimum atomic E-state index is -3.28. The van der Waals surface area contributed by atoms with Gasteiger partial charge in [0.25, 0.3) is 0 Å². The van der Waals surface area contributed by atoms with Crippen LogP contribution in [0.2, 0.25) is 0 Å². The van der Waals surface area contributed by atoms with Crippen molar-refractivity contribution < 1.29 is 8.42 Å². The second-order valence-corrected chi connectivity index (χ2v) is 10.2. The summed E-state index contributed by atoms with van der Waals surface area (Å²) in [5, 5.41) is 14.8. The Hall–Kier alpha value is -2.84. The van der Waals surface area contributed by atoms with E-state index >= 15 is 0 Å². The maximum Gasteiger partial charge on any atom is 0.211 e. The number of halogens is 1. The summed E-state index contributed by atoms with van der Waals surface area (Å²) < 4.78 is 27.2. The summed E-state index contributed by atoms with van der Waals surface area (Å²) in [7, 11) is -3.28. The molecule has 0 aliphatic carbocycles. The molecule has 6 nitrogen and oxygen atoms in total. The van der Waals surface area contributed by atoms with Crippen molar-refractivity contribution in [2.75, 3.05) is 49.1 Å². The molecule has 8 heteroatoms. The highest BCUT2D eigenvalue weighted by Crippen LogP contribution is 2.23. The zero-order valence-corrected chi connectivity index (χ0v) is 21.3. The number of hydrogen-bond acceptors (Lipinski definition) is 5. The first-order valence-electron chi connectivity index (χ1n) is 11.7. The van der Waals surface area contributed by atoms with Crippen molar-refractivity contribution in [1.82, 2.24) is 10.0 Å². The minimum Gasteiger partial charge on any atom is -0.383 e. The fourth-order valence-electron chi connectivity index (χ4n) is 4.03. The van der Waals surface area contributed by atoms with Gasteiger partial charge in [-0.3, -0.25) is 0 Å². The first-order chi connectivity index (χ1) is 16.6. The highest BCUT2D eigenvalue weighted by molar-refractivity contribution is 7.89. The van der Waals surface area contributed by atoms with Crippen LogP contribution in [0.5, 0.6) is 0 Å². The molecule has 0 aliphatic heterocycles. The van der Waals surface area contributed by atoms with Crippen LogP contribution in [0.1, 0.15) is 6.42 Å². The molecule has 0 atom stereocenters. The van der Waals surface area contributed by atoms with E-state index in [2.05, 4.69) is 63.1 Å². The van der Waals surface area contributed by atoms with E-state index < -0.39 is 10.0 Å². The molecule has 0 heterocycles. The molecule has 0 fully saturated rings. The van der Waals surface area contributed by atoms with Crippen LogP contribution < -0.4 is 20.7 Å². The molecular weight excluding hydrogens is 480 g/mol. The summed E-state index contributed by atoms with van der Waals surface area (Å²) in [4.78, 5) is 0. The highest BCUT2D eigenvalue weighted by Gasteiger charge is 2.09. The first kappa shape index (κ1) is 26.8. The molecule has 0 aliphatic rings. The largest absolute Gasteiger partial charge is 0.383 e. The van der Waals surface area contributed by atoms with Crippen molar-refractivity contribution in [2.45, 2.75) is 6.42 Å². The molecule has 186 valence electrons. The van der Waals surface area contributed by atoms with Gasteiger partial charge in [-0.05, 0) is 35.9 Å². The Bertz CT molecular complexity index is 1320. The van der Waals surface area contributed by atoms with Gasteiger partial charge in [0, 0.05) is 48.3 Å². The van der Waals surface area contributed by atoms with Gasteiger partial charge in [-0.1, -0.05) is 72.8 Å². The summed E-state index contributed by atoms with van der Waals surface area (Å²) in [5.74, 6) is 0.116. The Kier molecular flexibility index (Phi) is 10.2. The summed E-state index contributed by atoms with van der Waals surface area (Å²) >= 11 is 0. The predicted octanol–water partition coefficient (Wildman–Crippen LogP) is 4.84. The summed E-state index contributed by atoms with van der Waals surface area (Å²) in [6.45, 7) is 3.09. The standard InChI is InChI=1S/C27H32N4O2S.ClH/c32-34(33,31-20-19-30-27-15-6-11-23-9-2-4-13-25(23)27)21-7-16-28-17-18-29-26-14-5-10-22-8-1-3-12-24(22)26;/h1-6,8-15,28-31H,7,16-21H2;1H. The monoisotopic (exact) mass is 512 g/mol. The lowest BCUT2D eigenvalue weighted by Gasteiger charge is -2.12. The van der Waals surface area contributed by atoms with Crippen LogP contribution in [0.4, 0.5) is 11.4 Å². The van der Waals surface area contributed by atoms with Crippen molar-refractivity contribution >= 4 is 55.3 Å². The second-order valence-electron chi connectivity index (χ2n) is 8.22. The van der Waals surface area contributed by atoms with Gasteiger partial charge in [0.1, 0.15) is 0 Å². The number of sulfonamides is 1. The van der Waals surface area contributed by atoms with Gasteiger partial charge < -0.3 is 16.0 Å². The van der Waals surface area contributed by atoms with E-state index in [0.29, 0.717) is 26.1 Å². The molecule has 0 amide bonds. The Morgan fingerprint density at radius 2 is 1.09 bits per heavy atom. The maximum atomic E-state index is 12.3. The zero-order chi connectivity index (χ0) is 23.6. The Balaban J connectivity index is 0.00000342. The number of anilines is 2. The number of fused-ring (bicyclic) bond motifs is 2. The Labute approximate surface area is 214 Å². The van der Waals surface area contributed by atoms with Crippen LogP contribution in [0, 0.1) is 0 Å². The van der Waals surface area contributed by atoms with Gasteiger partial charge in [-0.25, -0.2) is 13.1 Å². The van der Waals surface area contributed by atoms with E-state index in [1.165, 1.54) is 10.8 Å². The molecule has 4 aromatic carbocycles. The molecule has 35 heavy (non-hydrogen) atoms. The number of nitrogens with one attached hydrogen (secondary N) is 4. The fourth-order valence-corrected chi connectivity index (χ4v) is 5.11. The third kappa shape index (κ3) is 7.83. The number of rotatable bonds is 13. The third-order valence-corrected chi connectivity index (χ3v) is 7.20. The first-order valence-corrected chi connectivity index (χ1v) is 13.4. The van der Waals surface area contributed by atoms with E-state index in [9.17, 15) is 8.42 Å². The molecule has 0 radical (unpaired) electrons. The van der Waals surface area contributed by atoms with Crippen molar-refractivity contribution in [1.29, 1.82) is 0 Å². The minimum absolute atomic E-state index is 0.